The lowest BCUT2D eigenvalue weighted by Gasteiger charge is -2.29. The van der Waals surface area contributed by atoms with Gasteiger partial charge in [-0.15, -0.1) is 0 Å². The average Bonchev–Trinajstić information content (AvgIpc) is 2.38. The summed E-state index contributed by atoms with van der Waals surface area (Å²) in [4.78, 5) is 4.12. The van der Waals surface area contributed by atoms with Gasteiger partial charge in [-0.3, -0.25) is 4.98 Å². The molecule has 3 heteroatoms. The molecule has 0 aromatic carbocycles. The molecule has 0 amide bonds. The number of aliphatic hydroxyl groups is 1. The molecule has 0 saturated heterocycles. The third-order valence-electron chi connectivity index (χ3n) is 3.35. The van der Waals surface area contributed by atoms with Gasteiger partial charge >= 0.3 is 0 Å². The van der Waals surface area contributed by atoms with Crippen LogP contribution in [0, 0.1) is 0 Å². The van der Waals surface area contributed by atoms with Crippen LogP contribution in [0.5, 0.6) is 0 Å². The Morgan fingerprint density at radius 3 is 2.50 bits per heavy atom. The molecular formula is C15H26N2O. The summed E-state index contributed by atoms with van der Waals surface area (Å²) < 4.78 is 0. The molecule has 1 atom stereocenters. The SMILES string of the molecule is CCCC(O)(CCC)CNC(C)c1cccnc1. The van der Waals surface area contributed by atoms with Crippen LogP contribution >= 0.6 is 0 Å². The largest absolute Gasteiger partial charge is 0.389 e. The van der Waals surface area contributed by atoms with E-state index in [9.17, 15) is 5.11 Å². The van der Waals surface area contributed by atoms with Crippen molar-refractivity contribution in [3.05, 3.63) is 30.1 Å². The number of hydrogen-bond acceptors (Lipinski definition) is 3. The Hall–Kier alpha value is -0.930. The first-order valence-electron chi connectivity index (χ1n) is 6.97. The predicted octanol–water partition coefficient (Wildman–Crippen LogP) is 3.06. The van der Waals surface area contributed by atoms with Crippen LogP contribution in [0.4, 0.5) is 0 Å². The topological polar surface area (TPSA) is 45.1 Å². The molecule has 0 saturated carbocycles. The van der Waals surface area contributed by atoms with Crippen molar-refractivity contribution in [1.29, 1.82) is 0 Å². The number of hydrogen-bond donors (Lipinski definition) is 2. The summed E-state index contributed by atoms with van der Waals surface area (Å²) in [5, 5.41) is 13.9. The number of aromatic nitrogens is 1. The van der Waals surface area contributed by atoms with Gasteiger partial charge in [0.15, 0.2) is 0 Å². The van der Waals surface area contributed by atoms with E-state index in [1.165, 1.54) is 0 Å². The highest BCUT2D eigenvalue weighted by Gasteiger charge is 2.25. The van der Waals surface area contributed by atoms with E-state index >= 15 is 0 Å². The first-order valence-corrected chi connectivity index (χ1v) is 6.97. The summed E-state index contributed by atoms with van der Waals surface area (Å²) in [6, 6.07) is 4.22. The molecule has 1 aromatic heterocycles. The third kappa shape index (κ3) is 4.75. The summed E-state index contributed by atoms with van der Waals surface area (Å²) in [6.07, 6.45) is 7.39. The highest BCUT2D eigenvalue weighted by atomic mass is 16.3. The van der Waals surface area contributed by atoms with Crippen molar-refractivity contribution in [2.45, 2.75) is 58.1 Å². The van der Waals surface area contributed by atoms with Crippen molar-refractivity contribution in [3.63, 3.8) is 0 Å². The number of nitrogens with zero attached hydrogens (tertiary/aromatic N) is 1. The number of rotatable bonds is 8. The lowest BCUT2D eigenvalue weighted by molar-refractivity contribution is 0.0196. The van der Waals surface area contributed by atoms with Crippen molar-refractivity contribution in [2.75, 3.05) is 6.54 Å². The third-order valence-corrected chi connectivity index (χ3v) is 3.35. The van der Waals surface area contributed by atoms with Gasteiger partial charge in [-0.2, -0.15) is 0 Å². The Balaban J connectivity index is 2.52. The highest BCUT2D eigenvalue weighted by Crippen LogP contribution is 2.20. The molecular weight excluding hydrogens is 224 g/mol. The molecule has 0 fully saturated rings. The maximum Gasteiger partial charge on any atom is 0.0771 e. The van der Waals surface area contributed by atoms with Crippen LogP contribution in [-0.2, 0) is 0 Å². The molecule has 0 radical (unpaired) electrons. The molecule has 3 nitrogen and oxygen atoms in total. The van der Waals surface area contributed by atoms with Crippen LogP contribution in [0.1, 0.15) is 58.1 Å². The summed E-state index contributed by atoms with van der Waals surface area (Å²) >= 11 is 0. The Bertz CT molecular complexity index is 321. The van der Waals surface area contributed by atoms with Gasteiger partial charge in [-0.05, 0) is 31.4 Å². The van der Waals surface area contributed by atoms with E-state index in [1.807, 2.05) is 12.3 Å². The number of pyridine rings is 1. The zero-order valence-corrected chi connectivity index (χ0v) is 11.8. The van der Waals surface area contributed by atoms with E-state index in [0.717, 1.165) is 31.2 Å². The van der Waals surface area contributed by atoms with Crippen LogP contribution in [0.25, 0.3) is 0 Å². The maximum atomic E-state index is 10.5. The van der Waals surface area contributed by atoms with Gasteiger partial charge in [0.25, 0.3) is 0 Å². The second-order valence-corrected chi connectivity index (χ2v) is 5.11. The smallest absolute Gasteiger partial charge is 0.0771 e. The molecule has 1 heterocycles. The van der Waals surface area contributed by atoms with Crippen LogP contribution in [0.2, 0.25) is 0 Å². The second-order valence-electron chi connectivity index (χ2n) is 5.11. The Morgan fingerprint density at radius 2 is 2.00 bits per heavy atom. The van der Waals surface area contributed by atoms with E-state index in [0.29, 0.717) is 6.54 Å². The summed E-state index contributed by atoms with van der Waals surface area (Å²) in [5.41, 5.74) is 0.591. The Morgan fingerprint density at radius 1 is 1.33 bits per heavy atom. The van der Waals surface area contributed by atoms with Crippen LogP contribution in [-0.4, -0.2) is 22.2 Å². The van der Waals surface area contributed by atoms with Crippen molar-refractivity contribution >= 4 is 0 Å². The van der Waals surface area contributed by atoms with Gasteiger partial charge in [0, 0.05) is 25.0 Å². The molecule has 0 aliphatic carbocycles. The second kappa shape index (κ2) is 7.49. The summed E-state index contributed by atoms with van der Waals surface area (Å²) in [5.74, 6) is 0. The van der Waals surface area contributed by atoms with E-state index in [2.05, 4.69) is 37.1 Å². The molecule has 0 bridgehead atoms. The van der Waals surface area contributed by atoms with E-state index in [4.69, 9.17) is 0 Å². The predicted molar refractivity (Wildman–Crippen MR) is 75.4 cm³/mol. The van der Waals surface area contributed by atoms with E-state index in [1.54, 1.807) is 6.20 Å². The zero-order valence-electron chi connectivity index (χ0n) is 11.8. The van der Waals surface area contributed by atoms with E-state index < -0.39 is 5.60 Å². The van der Waals surface area contributed by atoms with Gasteiger partial charge in [-0.1, -0.05) is 32.8 Å². The van der Waals surface area contributed by atoms with Crippen molar-refractivity contribution in [3.8, 4) is 0 Å². The molecule has 102 valence electrons. The monoisotopic (exact) mass is 250 g/mol. The minimum atomic E-state index is -0.569. The highest BCUT2D eigenvalue weighted by molar-refractivity contribution is 5.12. The van der Waals surface area contributed by atoms with Crippen LogP contribution in [0.3, 0.4) is 0 Å². The van der Waals surface area contributed by atoms with Crippen LogP contribution < -0.4 is 5.32 Å². The molecule has 18 heavy (non-hydrogen) atoms. The number of nitrogens with one attached hydrogen (secondary N) is 1. The fourth-order valence-corrected chi connectivity index (χ4v) is 2.33. The molecule has 1 aromatic rings. The molecule has 0 aliphatic heterocycles. The molecule has 1 rings (SSSR count). The van der Waals surface area contributed by atoms with Crippen molar-refractivity contribution in [2.24, 2.45) is 0 Å². The van der Waals surface area contributed by atoms with Gasteiger partial charge in [0.05, 0.1) is 5.60 Å². The fraction of sp³-hybridized carbons (Fsp3) is 0.667. The summed E-state index contributed by atoms with van der Waals surface area (Å²) in [7, 11) is 0. The van der Waals surface area contributed by atoms with Crippen molar-refractivity contribution < 1.29 is 5.11 Å². The molecule has 0 aliphatic rings. The van der Waals surface area contributed by atoms with Crippen molar-refractivity contribution in [1.82, 2.24) is 10.3 Å². The standard InChI is InChI=1S/C15H26N2O/c1-4-8-15(18,9-5-2)12-17-13(3)14-7-6-10-16-11-14/h6-7,10-11,13,17-18H,4-5,8-9,12H2,1-3H3. The van der Waals surface area contributed by atoms with Gasteiger partial charge in [0.2, 0.25) is 0 Å². The maximum absolute atomic E-state index is 10.5. The van der Waals surface area contributed by atoms with Gasteiger partial charge < -0.3 is 10.4 Å². The van der Waals surface area contributed by atoms with Crippen LogP contribution in [0.15, 0.2) is 24.5 Å². The minimum absolute atomic E-state index is 0.221. The first-order chi connectivity index (χ1) is 8.61. The first kappa shape index (κ1) is 15.1. The quantitative estimate of drug-likeness (QED) is 0.745. The molecule has 0 spiro atoms. The van der Waals surface area contributed by atoms with E-state index in [-0.39, 0.29) is 6.04 Å². The molecule has 1 unspecified atom stereocenters. The minimum Gasteiger partial charge on any atom is -0.389 e. The fourth-order valence-electron chi connectivity index (χ4n) is 2.33. The zero-order chi connectivity index (χ0) is 13.4. The Labute approximate surface area is 111 Å². The lowest BCUT2D eigenvalue weighted by Crippen LogP contribution is -2.41. The average molecular weight is 250 g/mol. The van der Waals surface area contributed by atoms with Gasteiger partial charge in [0.1, 0.15) is 0 Å². The summed E-state index contributed by atoms with van der Waals surface area (Å²) in [6.45, 7) is 6.98. The lowest BCUT2D eigenvalue weighted by atomic mass is 9.92. The Kier molecular flexibility index (Phi) is 6.30. The van der Waals surface area contributed by atoms with Gasteiger partial charge in [-0.25, -0.2) is 0 Å². The molecule has 2 N–H and O–H groups in total. The normalized spacial score (nSPS) is 13.6.